The first-order valence-corrected chi connectivity index (χ1v) is 5.43. The molecule has 4 heteroatoms. The molecule has 0 fully saturated rings. The van der Waals surface area contributed by atoms with Gasteiger partial charge in [0, 0.05) is 11.4 Å². The summed E-state index contributed by atoms with van der Waals surface area (Å²) in [7, 11) is 0. The van der Waals surface area contributed by atoms with Gasteiger partial charge < -0.3 is 11.1 Å². The van der Waals surface area contributed by atoms with Gasteiger partial charge in [-0.05, 0) is 42.8 Å². The summed E-state index contributed by atoms with van der Waals surface area (Å²) in [5.74, 6) is -0.462. The van der Waals surface area contributed by atoms with Gasteiger partial charge in [0.05, 0.1) is 17.3 Å². The fourth-order valence-electron chi connectivity index (χ4n) is 1.61. The lowest BCUT2D eigenvalue weighted by Crippen LogP contribution is -1.97. The highest BCUT2D eigenvalue weighted by Crippen LogP contribution is 2.25. The van der Waals surface area contributed by atoms with Crippen molar-refractivity contribution < 1.29 is 4.39 Å². The molecule has 0 atom stereocenters. The topological polar surface area (TPSA) is 61.8 Å². The Balaban J connectivity index is 2.34. The van der Waals surface area contributed by atoms with Crippen LogP contribution in [0.1, 0.15) is 11.1 Å². The maximum atomic E-state index is 13.7. The summed E-state index contributed by atoms with van der Waals surface area (Å²) < 4.78 is 13.7. The van der Waals surface area contributed by atoms with E-state index in [2.05, 4.69) is 5.32 Å². The predicted octanol–water partition coefficient (Wildman–Crippen LogP) is 3.33. The van der Waals surface area contributed by atoms with E-state index in [-0.39, 0.29) is 0 Å². The molecule has 0 saturated carbocycles. The van der Waals surface area contributed by atoms with Crippen molar-refractivity contribution in [3.63, 3.8) is 0 Å². The molecule has 3 nitrogen and oxygen atoms in total. The quantitative estimate of drug-likeness (QED) is 0.793. The van der Waals surface area contributed by atoms with Gasteiger partial charge in [-0.25, -0.2) is 4.39 Å². The number of nitrogens with one attached hydrogen (secondary N) is 1. The lowest BCUT2D eigenvalue weighted by atomic mass is 10.1. The van der Waals surface area contributed by atoms with Gasteiger partial charge in [0.1, 0.15) is 5.82 Å². The number of hydrogen-bond donors (Lipinski definition) is 2. The number of rotatable bonds is 2. The molecule has 0 aliphatic rings. The second kappa shape index (κ2) is 4.76. The van der Waals surface area contributed by atoms with Gasteiger partial charge in [-0.3, -0.25) is 0 Å². The normalized spacial score (nSPS) is 9.83. The Morgan fingerprint density at radius 3 is 2.61 bits per heavy atom. The molecule has 0 unspecified atom stereocenters. The molecule has 90 valence electrons. The summed E-state index contributed by atoms with van der Waals surface area (Å²) in [5.41, 5.74) is 8.63. The van der Waals surface area contributed by atoms with E-state index in [4.69, 9.17) is 11.0 Å². The molecule has 18 heavy (non-hydrogen) atoms. The van der Waals surface area contributed by atoms with Crippen LogP contribution in [-0.2, 0) is 0 Å². The standard InChI is InChI=1S/C14H12FN3/c1-9-2-4-11(17)7-14(9)18-13-5-3-10(8-16)6-12(13)15/h2-7,18H,17H2,1H3. The van der Waals surface area contributed by atoms with E-state index in [1.807, 2.05) is 19.1 Å². The van der Waals surface area contributed by atoms with Crippen LogP contribution in [0.2, 0.25) is 0 Å². The Kier molecular flexibility index (Phi) is 3.16. The molecule has 0 radical (unpaired) electrons. The molecule has 0 aromatic heterocycles. The van der Waals surface area contributed by atoms with E-state index in [1.165, 1.54) is 12.1 Å². The van der Waals surface area contributed by atoms with Crippen molar-refractivity contribution >= 4 is 17.1 Å². The molecule has 0 aliphatic carbocycles. The predicted molar refractivity (Wildman–Crippen MR) is 70.0 cm³/mol. The Morgan fingerprint density at radius 1 is 1.17 bits per heavy atom. The first-order valence-electron chi connectivity index (χ1n) is 5.43. The van der Waals surface area contributed by atoms with E-state index in [9.17, 15) is 4.39 Å². The summed E-state index contributed by atoms with van der Waals surface area (Å²) >= 11 is 0. The van der Waals surface area contributed by atoms with Crippen LogP contribution in [0.25, 0.3) is 0 Å². The van der Waals surface area contributed by atoms with Crippen molar-refractivity contribution in [1.29, 1.82) is 5.26 Å². The third-order valence-electron chi connectivity index (χ3n) is 2.63. The minimum Gasteiger partial charge on any atom is -0.399 e. The van der Waals surface area contributed by atoms with Crippen LogP contribution >= 0.6 is 0 Å². The van der Waals surface area contributed by atoms with Crippen LogP contribution in [-0.4, -0.2) is 0 Å². The number of nitrogens with two attached hydrogens (primary N) is 1. The zero-order valence-corrected chi connectivity index (χ0v) is 9.87. The molecular weight excluding hydrogens is 229 g/mol. The molecule has 0 bridgehead atoms. The molecule has 2 aromatic rings. The SMILES string of the molecule is Cc1ccc(N)cc1Nc1ccc(C#N)cc1F. The average molecular weight is 241 g/mol. The van der Waals surface area contributed by atoms with Crippen molar-refractivity contribution in [2.45, 2.75) is 6.92 Å². The molecule has 2 aromatic carbocycles. The maximum absolute atomic E-state index is 13.7. The molecule has 0 amide bonds. The molecule has 0 aliphatic heterocycles. The lowest BCUT2D eigenvalue weighted by molar-refractivity contribution is 0.631. The average Bonchev–Trinajstić information content (AvgIpc) is 2.36. The number of nitriles is 1. The van der Waals surface area contributed by atoms with E-state index in [1.54, 1.807) is 18.2 Å². The lowest BCUT2D eigenvalue weighted by Gasteiger charge is -2.11. The number of hydrogen-bond acceptors (Lipinski definition) is 3. The second-order valence-electron chi connectivity index (χ2n) is 4.01. The Labute approximate surface area is 105 Å². The highest BCUT2D eigenvalue weighted by Gasteiger charge is 2.05. The van der Waals surface area contributed by atoms with Crippen molar-refractivity contribution in [1.82, 2.24) is 0 Å². The van der Waals surface area contributed by atoms with Crippen LogP contribution < -0.4 is 11.1 Å². The van der Waals surface area contributed by atoms with Crippen molar-refractivity contribution in [3.8, 4) is 6.07 Å². The summed E-state index contributed by atoms with van der Waals surface area (Å²) in [4.78, 5) is 0. The number of anilines is 3. The Bertz CT molecular complexity index is 629. The summed E-state index contributed by atoms with van der Waals surface area (Å²) in [6, 6.07) is 11.6. The number of nitrogen functional groups attached to an aromatic ring is 1. The van der Waals surface area contributed by atoms with Gasteiger partial charge in [-0.2, -0.15) is 5.26 Å². The van der Waals surface area contributed by atoms with Crippen LogP contribution in [0, 0.1) is 24.1 Å². The number of nitrogens with zero attached hydrogens (tertiary/aromatic N) is 1. The zero-order valence-electron chi connectivity index (χ0n) is 9.87. The fraction of sp³-hybridized carbons (Fsp3) is 0.0714. The molecule has 3 N–H and O–H groups in total. The van der Waals surface area contributed by atoms with Crippen molar-refractivity contribution in [3.05, 3.63) is 53.3 Å². The van der Waals surface area contributed by atoms with Crippen LogP contribution in [0.15, 0.2) is 36.4 Å². The van der Waals surface area contributed by atoms with E-state index < -0.39 is 5.82 Å². The van der Waals surface area contributed by atoms with Crippen LogP contribution in [0.3, 0.4) is 0 Å². The minimum absolute atomic E-state index is 0.294. The Morgan fingerprint density at radius 2 is 1.94 bits per heavy atom. The van der Waals surface area contributed by atoms with E-state index in [0.29, 0.717) is 16.9 Å². The first kappa shape index (κ1) is 11.9. The maximum Gasteiger partial charge on any atom is 0.147 e. The van der Waals surface area contributed by atoms with Crippen LogP contribution in [0.4, 0.5) is 21.5 Å². The van der Waals surface area contributed by atoms with Gasteiger partial charge in [0.2, 0.25) is 0 Å². The van der Waals surface area contributed by atoms with Gasteiger partial charge in [-0.1, -0.05) is 6.07 Å². The number of halogens is 1. The highest BCUT2D eigenvalue weighted by atomic mass is 19.1. The molecule has 0 saturated heterocycles. The minimum atomic E-state index is -0.462. The third-order valence-corrected chi connectivity index (χ3v) is 2.63. The molecule has 0 spiro atoms. The third kappa shape index (κ3) is 2.41. The van der Waals surface area contributed by atoms with Crippen LogP contribution in [0.5, 0.6) is 0 Å². The molecule has 0 heterocycles. The Hall–Kier alpha value is -2.54. The number of benzene rings is 2. The molecule has 2 rings (SSSR count). The van der Waals surface area contributed by atoms with E-state index >= 15 is 0 Å². The molecular formula is C14H12FN3. The summed E-state index contributed by atoms with van der Waals surface area (Å²) in [6.45, 7) is 1.91. The summed E-state index contributed by atoms with van der Waals surface area (Å²) in [6.07, 6.45) is 0. The van der Waals surface area contributed by atoms with Crippen molar-refractivity contribution in [2.75, 3.05) is 11.1 Å². The zero-order chi connectivity index (χ0) is 13.1. The van der Waals surface area contributed by atoms with Crippen molar-refractivity contribution in [2.24, 2.45) is 0 Å². The largest absolute Gasteiger partial charge is 0.399 e. The monoisotopic (exact) mass is 241 g/mol. The fourth-order valence-corrected chi connectivity index (χ4v) is 1.61. The number of aryl methyl sites for hydroxylation is 1. The van der Waals surface area contributed by atoms with Gasteiger partial charge in [-0.15, -0.1) is 0 Å². The van der Waals surface area contributed by atoms with Gasteiger partial charge >= 0.3 is 0 Å². The highest BCUT2D eigenvalue weighted by molar-refractivity contribution is 5.67. The van der Waals surface area contributed by atoms with Gasteiger partial charge in [0.15, 0.2) is 0 Å². The second-order valence-corrected chi connectivity index (χ2v) is 4.01. The summed E-state index contributed by atoms with van der Waals surface area (Å²) in [5, 5.41) is 11.6. The smallest absolute Gasteiger partial charge is 0.147 e. The van der Waals surface area contributed by atoms with E-state index in [0.717, 1.165) is 11.3 Å². The van der Waals surface area contributed by atoms with Gasteiger partial charge in [0.25, 0.3) is 0 Å². The first-order chi connectivity index (χ1) is 8.60.